The molecule has 1 aliphatic heterocycles. The van der Waals surface area contributed by atoms with Gasteiger partial charge in [-0.15, -0.1) is 0 Å². The van der Waals surface area contributed by atoms with Crippen LogP contribution in [-0.4, -0.2) is 47.2 Å². The lowest BCUT2D eigenvalue weighted by atomic mass is 10.1. The van der Waals surface area contributed by atoms with Crippen molar-refractivity contribution in [1.82, 2.24) is 9.78 Å². The van der Waals surface area contributed by atoms with Gasteiger partial charge in [0.1, 0.15) is 5.69 Å². The highest BCUT2D eigenvalue weighted by atomic mass is 79.9. The predicted molar refractivity (Wildman–Crippen MR) is 139 cm³/mol. The van der Waals surface area contributed by atoms with Gasteiger partial charge in [-0.25, -0.2) is 0 Å². The van der Waals surface area contributed by atoms with Gasteiger partial charge in [0, 0.05) is 27.7 Å². The summed E-state index contributed by atoms with van der Waals surface area (Å²) >= 11 is 3.60. The fourth-order valence-electron chi connectivity index (χ4n) is 4.74. The summed E-state index contributed by atoms with van der Waals surface area (Å²) in [5, 5.41) is 19.3. The molecule has 1 saturated heterocycles. The fraction of sp³-hybridized carbons (Fsp3) is 0.296. The lowest BCUT2D eigenvalue weighted by molar-refractivity contribution is -0.881. The van der Waals surface area contributed by atoms with Gasteiger partial charge in [0.15, 0.2) is 0 Å². The highest BCUT2D eigenvalue weighted by Gasteiger charge is 2.25. The van der Waals surface area contributed by atoms with Gasteiger partial charge in [-0.05, 0) is 43.2 Å². The molecule has 0 saturated carbocycles. The first kappa shape index (κ1) is 22.1. The second-order valence-electron chi connectivity index (χ2n) is 8.86. The lowest BCUT2D eigenvalue weighted by Crippen LogP contribution is -2.56. The molecule has 33 heavy (non-hydrogen) atoms. The summed E-state index contributed by atoms with van der Waals surface area (Å²) in [5.41, 5.74) is 4.49. The minimum absolute atomic E-state index is 0.0780. The van der Waals surface area contributed by atoms with E-state index in [-0.39, 0.29) is 4.65 Å². The Kier molecular flexibility index (Phi) is 6.49. The number of anilines is 1. The number of hydrogen-bond donors (Lipinski definition) is 0. The molecule has 0 bridgehead atoms. The molecule has 0 unspecified atom stereocenters. The molecule has 5 rings (SSSR count). The molecule has 1 fully saturated rings. The summed E-state index contributed by atoms with van der Waals surface area (Å²) in [6.45, 7) is 4.47. The first-order valence-electron chi connectivity index (χ1n) is 11.7. The standard InChI is InChI=1S/C27H29BrN4O/c28-23-13-14-26-25(21-23)27(22-9-3-1-4-10-22)29-31(26)15-7-8-18-32(33)19-16-30(17-20-32)24-11-5-2-6-12-24/h1-6,9-14,21H,7-8,15-20H2. The van der Waals surface area contributed by atoms with Crippen molar-refractivity contribution in [3.05, 3.63) is 88.5 Å². The third-order valence-corrected chi connectivity index (χ3v) is 7.11. The predicted octanol–water partition coefficient (Wildman–Crippen LogP) is 6.08. The van der Waals surface area contributed by atoms with Crippen molar-refractivity contribution < 1.29 is 4.65 Å². The van der Waals surface area contributed by atoms with E-state index in [4.69, 9.17) is 5.10 Å². The molecule has 0 aliphatic carbocycles. The van der Waals surface area contributed by atoms with E-state index in [9.17, 15) is 5.21 Å². The topological polar surface area (TPSA) is 44.1 Å². The summed E-state index contributed by atoms with van der Waals surface area (Å²) in [6.07, 6.45) is 1.86. The van der Waals surface area contributed by atoms with E-state index in [0.717, 1.165) is 59.1 Å². The number of halogens is 1. The Morgan fingerprint density at radius 3 is 2.30 bits per heavy atom. The van der Waals surface area contributed by atoms with E-state index in [1.54, 1.807) is 0 Å². The van der Waals surface area contributed by atoms with Crippen LogP contribution in [0.25, 0.3) is 22.2 Å². The van der Waals surface area contributed by atoms with Crippen LogP contribution < -0.4 is 4.90 Å². The van der Waals surface area contributed by atoms with E-state index in [1.807, 2.05) is 24.3 Å². The van der Waals surface area contributed by atoms with Crippen molar-refractivity contribution in [1.29, 1.82) is 0 Å². The Balaban J connectivity index is 1.21. The van der Waals surface area contributed by atoms with Crippen LogP contribution in [0, 0.1) is 5.21 Å². The largest absolute Gasteiger partial charge is 0.633 e. The zero-order valence-electron chi connectivity index (χ0n) is 18.7. The van der Waals surface area contributed by atoms with Crippen LogP contribution in [0.5, 0.6) is 0 Å². The zero-order valence-corrected chi connectivity index (χ0v) is 20.3. The van der Waals surface area contributed by atoms with Crippen molar-refractivity contribution in [3.8, 4) is 11.3 Å². The van der Waals surface area contributed by atoms with Crippen LogP contribution >= 0.6 is 15.9 Å². The molecule has 0 atom stereocenters. The summed E-state index contributed by atoms with van der Waals surface area (Å²) in [6, 6.07) is 27.1. The Bertz CT molecular complexity index is 1200. The maximum atomic E-state index is 13.2. The van der Waals surface area contributed by atoms with E-state index >= 15 is 0 Å². The molecule has 1 aromatic heterocycles. The number of unbranched alkanes of at least 4 members (excludes halogenated alkanes) is 1. The molecule has 6 heteroatoms. The molecule has 5 nitrogen and oxygen atoms in total. The average Bonchev–Trinajstić information content (AvgIpc) is 3.21. The van der Waals surface area contributed by atoms with E-state index in [1.165, 1.54) is 5.69 Å². The number of fused-ring (bicyclic) bond motifs is 1. The smallest absolute Gasteiger partial charge is 0.100 e. The molecule has 4 aromatic rings. The number of benzene rings is 3. The van der Waals surface area contributed by atoms with Crippen LogP contribution in [0.2, 0.25) is 0 Å². The van der Waals surface area contributed by atoms with Crippen molar-refractivity contribution in [2.24, 2.45) is 0 Å². The summed E-state index contributed by atoms with van der Waals surface area (Å²) in [5.74, 6) is 0. The molecule has 170 valence electrons. The molecule has 0 N–H and O–H groups in total. The maximum absolute atomic E-state index is 13.2. The van der Waals surface area contributed by atoms with Gasteiger partial charge in [0.2, 0.25) is 0 Å². The SMILES string of the molecule is [O-][N+]1(CCCCn2nc(-c3ccccc3)c3cc(Br)ccc32)CCN(c2ccccc2)CC1. The molecule has 0 amide bonds. The van der Waals surface area contributed by atoms with Crippen molar-refractivity contribution >= 4 is 32.5 Å². The molecule has 0 spiro atoms. The van der Waals surface area contributed by atoms with E-state index in [0.29, 0.717) is 19.6 Å². The van der Waals surface area contributed by atoms with Crippen LogP contribution in [0.3, 0.4) is 0 Å². The Labute approximate surface area is 203 Å². The van der Waals surface area contributed by atoms with Crippen LogP contribution in [-0.2, 0) is 6.54 Å². The van der Waals surface area contributed by atoms with Crippen LogP contribution in [0.15, 0.2) is 83.3 Å². The first-order valence-corrected chi connectivity index (χ1v) is 12.5. The highest BCUT2D eigenvalue weighted by Crippen LogP contribution is 2.30. The van der Waals surface area contributed by atoms with Gasteiger partial charge >= 0.3 is 0 Å². The van der Waals surface area contributed by atoms with Crippen LogP contribution in [0.4, 0.5) is 5.69 Å². The Morgan fingerprint density at radius 1 is 0.879 bits per heavy atom. The second-order valence-corrected chi connectivity index (χ2v) is 9.77. The minimum atomic E-state index is -0.0780. The van der Waals surface area contributed by atoms with Gasteiger partial charge in [-0.2, -0.15) is 5.10 Å². The molecular formula is C27H29BrN4O. The Morgan fingerprint density at radius 2 is 1.58 bits per heavy atom. The normalized spacial score (nSPS) is 15.8. The zero-order chi connectivity index (χ0) is 22.7. The number of rotatable bonds is 7. The van der Waals surface area contributed by atoms with Gasteiger partial charge in [0.05, 0.1) is 38.2 Å². The number of piperazine rings is 1. The third kappa shape index (κ3) is 4.98. The fourth-order valence-corrected chi connectivity index (χ4v) is 5.10. The number of aryl methyl sites for hydroxylation is 1. The minimum Gasteiger partial charge on any atom is -0.633 e. The maximum Gasteiger partial charge on any atom is 0.100 e. The molecular weight excluding hydrogens is 476 g/mol. The number of para-hydroxylation sites is 1. The number of quaternary nitrogens is 1. The number of nitrogens with zero attached hydrogens (tertiary/aromatic N) is 4. The van der Waals surface area contributed by atoms with Gasteiger partial charge in [0.25, 0.3) is 0 Å². The molecule has 0 radical (unpaired) electrons. The summed E-state index contributed by atoms with van der Waals surface area (Å²) < 4.78 is 3.08. The second kappa shape index (κ2) is 9.67. The number of hydrogen-bond acceptors (Lipinski definition) is 3. The van der Waals surface area contributed by atoms with E-state index < -0.39 is 0 Å². The molecule has 1 aliphatic rings. The summed E-state index contributed by atoms with van der Waals surface area (Å²) in [4.78, 5) is 2.33. The van der Waals surface area contributed by atoms with Crippen LogP contribution in [0.1, 0.15) is 12.8 Å². The average molecular weight is 505 g/mol. The number of aromatic nitrogens is 2. The van der Waals surface area contributed by atoms with Crippen molar-refractivity contribution in [2.75, 3.05) is 37.6 Å². The van der Waals surface area contributed by atoms with Gasteiger partial charge in [-0.1, -0.05) is 64.5 Å². The van der Waals surface area contributed by atoms with Crippen molar-refractivity contribution in [3.63, 3.8) is 0 Å². The van der Waals surface area contributed by atoms with E-state index in [2.05, 4.69) is 80.1 Å². The third-order valence-electron chi connectivity index (χ3n) is 6.62. The first-order chi connectivity index (χ1) is 16.1. The van der Waals surface area contributed by atoms with Crippen molar-refractivity contribution in [2.45, 2.75) is 19.4 Å². The molecule has 2 heterocycles. The Hall–Kier alpha value is -2.67. The molecule has 3 aromatic carbocycles. The quantitative estimate of drug-likeness (QED) is 0.174. The monoisotopic (exact) mass is 504 g/mol. The summed E-state index contributed by atoms with van der Waals surface area (Å²) in [7, 11) is 0. The highest BCUT2D eigenvalue weighted by molar-refractivity contribution is 9.10. The van der Waals surface area contributed by atoms with Gasteiger partial charge < -0.3 is 14.8 Å². The lowest BCUT2D eigenvalue weighted by Gasteiger charge is -2.49. The number of hydroxylamine groups is 3. The van der Waals surface area contributed by atoms with Gasteiger partial charge in [-0.3, -0.25) is 4.68 Å².